The summed E-state index contributed by atoms with van der Waals surface area (Å²) in [7, 11) is -3.13. The summed E-state index contributed by atoms with van der Waals surface area (Å²) in [5.74, 6) is 1.53. The molecule has 3 unspecified atom stereocenters. The van der Waals surface area contributed by atoms with Crippen LogP contribution in [-0.4, -0.2) is 36.9 Å². The van der Waals surface area contributed by atoms with E-state index < -0.39 is 10.0 Å². The molecule has 100 valence electrons. The van der Waals surface area contributed by atoms with E-state index in [0.29, 0.717) is 18.4 Å². The van der Waals surface area contributed by atoms with Gasteiger partial charge in [0.2, 0.25) is 10.0 Å². The van der Waals surface area contributed by atoms with Gasteiger partial charge in [-0.05, 0) is 31.1 Å². The number of hydrogen-bond acceptors (Lipinski definition) is 2. The molecule has 0 aromatic rings. The molecule has 0 spiro atoms. The SMILES string of the molecule is CC1CCN(S(=O)(=O)CCCl)C2CCCCC12. The molecule has 0 radical (unpaired) electrons. The van der Waals surface area contributed by atoms with E-state index in [0.717, 1.165) is 12.8 Å². The van der Waals surface area contributed by atoms with Crippen LogP contribution in [0.4, 0.5) is 0 Å². The molecule has 1 aliphatic carbocycles. The molecular weight excluding hydrogens is 258 g/mol. The zero-order valence-corrected chi connectivity index (χ0v) is 12.0. The Bertz CT molecular complexity index is 358. The molecule has 1 saturated carbocycles. The fraction of sp³-hybridized carbons (Fsp3) is 1.00. The van der Waals surface area contributed by atoms with Crippen LogP contribution in [0.1, 0.15) is 39.0 Å². The minimum Gasteiger partial charge on any atom is -0.212 e. The lowest BCUT2D eigenvalue weighted by Crippen LogP contribution is -2.52. The van der Waals surface area contributed by atoms with Gasteiger partial charge in [0.25, 0.3) is 0 Å². The molecule has 5 heteroatoms. The molecule has 0 amide bonds. The fourth-order valence-electron chi connectivity index (χ4n) is 3.43. The average Bonchev–Trinajstić information content (AvgIpc) is 2.29. The van der Waals surface area contributed by atoms with E-state index in [1.165, 1.54) is 19.3 Å². The minimum atomic E-state index is -3.13. The Labute approximate surface area is 110 Å². The summed E-state index contributed by atoms with van der Waals surface area (Å²) in [6.07, 6.45) is 5.66. The molecule has 0 bridgehead atoms. The number of fused-ring (bicyclic) bond motifs is 1. The summed E-state index contributed by atoms with van der Waals surface area (Å²) < 4.78 is 26.1. The summed E-state index contributed by atoms with van der Waals surface area (Å²) in [5.41, 5.74) is 0. The number of alkyl halides is 1. The van der Waals surface area contributed by atoms with Gasteiger partial charge in [-0.2, -0.15) is 4.31 Å². The lowest BCUT2D eigenvalue weighted by molar-refractivity contribution is 0.0828. The van der Waals surface area contributed by atoms with Crippen molar-refractivity contribution in [2.24, 2.45) is 11.8 Å². The first-order valence-electron chi connectivity index (χ1n) is 6.62. The number of sulfonamides is 1. The molecule has 17 heavy (non-hydrogen) atoms. The summed E-state index contributed by atoms with van der Waals surface area (Å²) in [6, 6.07) is 0.251. The first kappa shape index (κ1) is 13.6. The van der Waals surface area contributed by atoms with Gasteiger partial charge in [-0.3, -0.25) is 0 Å². The predicted molar refractivity (Wildman–Crippen MR) is 70.7 cm³/mol. The summed E-state index contributed by atoms with van der Waals surface area (Å²) in [6.45, 7) is 2.97. The van der Waals surface area contributed by atoms with Crippen molar-refractivity contribution in [2.45, 2.75) is 45.1 Å². The largest absolute Gasteiger partial charge is 0.215 e. The third-order valence-corrected chi connectivity index (χ3v) is 6.68. The van der Waals surface area contributed by atoms with E-state index in [1.54, 1.807) is 4.31 Å². The Hall–Kier alpha value is 0.200. The van der Waals surface area contributed by atoms with Crippen LogP contribution in [0.2, 0.25) is 0 Å². The van der Waals surface area contributed by atoms with Crippen molar-refractivity contribution in [3.05, 3.63) is 0 Å². The van der Waals surface area contributed by atoms with Gasteiger partial charge in [0.1, 0.15) is 0 Å². The van der Waals surface area contributed by atoms with E-state index in [2.05, 4.69) is 6.92 Å². The second-order valence-electron chi connectivity index (χ2n) is 5.40. The van der Waals surface area contributed by atoms with Crippen LogP contribution in [0.25, 0.3) is 0 Å². The van der Waals surface area contributed by atoms with Crippen molar-refractivity contribution in [1.29, 1.82) is 0 Å². The standard InChI is InChI=1S/C12H22ClNO2S/c1-10-6-8-14(17(15,16)9-7-13)12-5-3-2-4-11(10)12/h10-12H,2-9H2,1H3. The molecule has 2 aliphatic rings. The van der Waals surface area contributed by atoms with Crippen LogP contribution in [0.5, 0.6) is 0 Å². The molecule has 3 nitrogen and oxygen atoms in total. The molecular formula is C12H22ClNO2S. The van der Waals surface area contributed by atoms with Gasteiger partial charge in [0.15, 0.2) is 0 Å². The zero-order valence-electron chi connectivity index (χ0n) is 10.4. The van der Waals surface area contributed by atoms with E-state index in [9.17, 15) is 8.42 Å². The monoisotopic (exact) mass is 279 g/mol. The summed E-state index contributed by atoms with van der Waals surface area (Å²) in [5, 5.41) is 0. The van der Waals surface area contributed by atoms with Crippen LogP contribution in [0.15, 0.2) is 0 Å². The lowest BCUT2D eigenvalue weighted by atomic mass is 9.74. The lowest BCUT2D eigenvalue weighted by Gasteiger charge is -2.46. The third-order valence-electron chi connectivity index (χ3n) is 4.38. The van der Waals surface area contributed by atoms with Crippen molar-refractivity contribution in [1.82, 2.24) is 4.31 Å². The minimum absolute atomic E-state index is 0.0894. The van der Waals surface area contributed by atoms with E-state index in [-0.39, 0.29) is 17.7 Å². The molecule has 2 fully saturated rings. The maximum atomic E-state index is 12.2. The molecule has 1 saturated heterocycles. The Morgan fingerprint density at radius 1 is 1.24 bits per heavy atom. The van der Waals surface area contributed by atoms with Crippen LogP contribution in [-0.2, 0) is 10.0 Å². The normalized spacial score (nSPS) is 35.5. The number of piperidine rings is 1. The quantitative estimate of drug-likeness (QED) is 0.744. The van der Waals surface area contributed by atoms with Crippen LogP contribution in [0.3, 0.4) is 0 Å². The average molecular weight is 280 g/mol. The van der Waals surface area contributed by atoms with Gasteiger partial charge in [-0.25, -0.2) is 8.42 Å². The van der Waals surface area contributed by atoms with E-state index >= 15 is 0 Å². The zero-order chi connectivity index (χ0) is 12.5. The van der Waals surface area contributed by atoms with Gasteiger partial charge in [-0.1, -0.05) is 19.8 Å². The Kier molecular flexibility index (Phi) is 4.37. The highest BCUT2D eigenvalue weighted by atomic mass is 35.5. The topological polar surface area (TPSA) is 37.4 Å². The van der Waals surface area contributed by atoms with Crippen molar-refractivity contribution in [3.63, 3.8) is 0 Å². The highest BCUT2D eigenvalue weighted by Crippen LogP contribution is 2.39. The molecule has 3 atom stereocenters. The van der Waals surface area contributed by atoms with E-state index in [1.807, 2.05) is 0 Å². The first-order chi connectivity index (χ1) is 8.06. The Morgan fingerprint density at radius 3 is 2.65 bits per heavy atom. The molecule has 2 rings (SSSR count). The second-order valence-corrected chi connectivity index (χ2v) is 7.82. The molecule has 0 aromatic heterocycles. The van der Waals surface area contributed by atoms with Crippen LogP contribution >= 0.6 is 11.6 Å². The Balaban J connectivity index is 2.17. The number of halogens is 1. The van der Waals surface area contributed by atoms with Gasteiger partial charge >= 0.3 is 0 Å². The predicted octanol–water partition coefficient (Wildman–Crippen LogP) is 2.46. The number of rotatable bonds is 3. The molecule has 0 N–H and O–H groups in total. The second kappa shape index (κ2) is 5.45. The molecule has 1 heterocycles. The Morgan fingerprint density at radius 2 is 1.94 bits per heavy atom. The summed E-state index contributed by atoms with van der Waals surface area (Å²) >= 11 is 5.60. The van der Waals surface area contributed by atoms with Gasteiger partial charge < -0.3 is 0 Å². The van der Waals surface area contributed by atoms with Gasteiger partial charge in [-0.15, -0.1) is 11.6 Å². The maximum absolute atomic E-state index is 12.2. The van der Waals surface area contributed by atoms with E-state index in [4.69, 9.17) is 11.6 Å². The van der Waals surface area contributed by atoms with Crippen molar-refractivity contribution < 1.29 is 8.42 Å². The highest BCUT2D eigenvalue weighted by Gasteiger charge is 2.41. The van der Waals surface area contributed by atoms with Crippen LogP contribution < -0.4 is 0 Å². The van der Waals surface area contributed by atoms with Gasteiger partial charge in [0.05, 0.1) is 5.75 Å². The molecule has 0 aromatic carbocycles. The number of nitrogens with zero attached hydrogens (tertiary/aromatic N) is 1. The smallest absolute Gasteiger partial charge is 0.212 e. The van der Waals surface area contributed by atoms with Crippen molar-refractivity contribution >= 4 is 21.6 Å². The number of hydrogen-bond donors (Lipinski definition) is 0. The van der Waals surface area contributed by atoms with Crippen molar-refractivity contribution in [2.75, 3.05) is 18.2 Å². The fourth-order valence-corrected chi connectivity index (χ4v) is 5.50. The summed E-state index contributed by atoms with van der Waals surface area (Å²) in [4.78, 5) is 0. The first-order valence-corrected chi connectivity index (χ1v) is 8.76. The maximum Gasteiger partial charge on any atom is 0.215 e. The van der Waals surface area contributed by atoms with Crippen LogP contribution in [0, 0.1) is 11.8 Å². The third kappa shape index (κ3) is 2.79. The van der Waals surface area contributed by atoms with Crippen molar-refractivity contribution in [3.8, 4) is 0 Å². The highest BCUT2D eigenvalue weighted by molar-refractivity contribution is 7.89. The molecule has 1 aliphatic heterocycles. The van der Waals surface area contributed by atoms with Gasteiger partial charge in [0, 0.05) is 18.5 Å².